The van der Waals surface area contributed by atoms with Crippen LogP contribution >= 0.6 is 11.8 Å². The maximum Gasteiger partial charge on any atom is 0.0735 e. The van der Waals surface area contributed by atoms with Crippen molar-refractivity contribution in [3.63, 3.8) is 0 Å². The SMILES string of the molecule is c1ccc(-n2c3ccccc3c3cc4c(cc32)Sc2ccccc2C42c3ccccc3-c3ccccc32)cc1. The molecule has 1 spiro atoms. The highest BCUT2D eigenvalue weighted by Crippen LogP contribution is 2.62. The molecule has 2 aliphatic rings. The fraction of sp³-hybridized carbons (Fsp3) is 0.0270. The van der Waals surface area contributed by atoms with Crippen LogP contribution in [0.4, 0.5) is 0 Å². The lowest BCUT2D eigenvalue weighted by atomic mass is 9.67. The van der Waals surface area contributed by atoms with Crippen molar-refractivity contribution in [1.82, 2.24) is 4.57 Å². The molecule has 0 atom stereocenters. The Hall–Kier alpha value is -4.53. The molecule has 0 N–H and O–H groups in total. The van der Waals surface area contributed by atoms with E-state index in [9.17, 15) is 0 Å². The average Bonchev–Trinajstić information content (AvgIpc) is 3.48. The van der Waals surface area contributed by atoms with Crippen LogP contribution in [0.1, 0.15) is 22.3 Å². The van der Waals surface area contributed by atoms with Crippen LogP contribution < -0.4 is 0 Å². The number of benzene rings is 6. The summed E-state index contributed by atoms with van der Waals surface area (Å²) in [6.45, 7) is 0. The molecule has 7 aromatic rings. The molecule has 6 aromatic carbocycles. The Morgan fingerprint density at radius 3 is 1.82 bits per heavy atom. The van der Waals surface area contributed by atoms with Gasteiger partial charge in [0.15, 0.2) is 0 Å². The van der Waals surface area contributed by atoms with Crippen LogP contribution in [0.15, 0.2) is 149 Å². The molecule has 0 radical (unpaired) electrons. The van der Waals surface area contributed by atoms with Gasteiger partial charge in [-0.15, -0.1) is 0 Å². The molecule has 0 amide bonds. The first-order valence-electron chi connectivity index (χ1n) is 13.5. The minimum absolute atomic E-state index is 0.353. The van der Waals surface area contributed by atoms with Crippen LogP contribution in [0.2, 0.25) is 0 Å². The third-order valence-electron chi connectivity index (χ3n) is 8.66. The molecule has 0 fully saturated rings. The third kappa shape index (κ3) is 2.67. The van der Waals surface area contributed by atoms with Crippen LogP contribution in [-0.2, 0) is 5.41 Å². The molecule has 182 valence electrons. The molecular weight excluding hydrogens is 490 g/mol. The first kappa shape index (κ1) is 21.4. The van der Waals surface area contributed by atoms with Crippen LogP contribution in [0.25, 0.3) is 38.6 Å². The van der Waals surface area contributed by atoms with E-state index in [1.54, 1.807) is 0 Å². The molecule has 0 saturated carbocycles. The molecule has 2 heterocycles. The van der Waals surface area contributed by atoms with Gasteiger partial charge in [-0.1, -0.05) is 115 Å². The highest BCUT2D eigenvalue weighted by Gasteiger charge is 2.50. The van der Waals surface area contributed by atoms with E-state index < -0.39 is 0 Å². The van der Waals surface area contributed by atoms with Crippen molar-refractivity contribution >= 4 is 33.6 Å². The van der Waals surface area contributed by atoms with Gasteiger partial charge < -0.3 is 4.57 Å². The summed E-state index contributed by atoms with van der Waals surface area (Å²) in [5, 5.41) is 2.59. The van der Waals surface area contributed by atoms with Gasteiger partial charge in [0.25, 0.3) is 0 Å². The van der Waals surface area contributed by atoms with Crippen molar-refractivity contribution < 1.29 is 0 Å². The van der Waals surface area contributed by atoms with E-state index in [1.807, 2.05) is 11.8 Å². The normalized spacial score (nSPS) is 14.3. The zero-order valence-corrected chi connectivity index (χ0v) is 22.0. The maximum atomic E-state index is 2.51. The Labute approximate surface area is 231 Å². The highest BCUT2D eigenvalue weighted by molar-refractivity contribution is 7.99. The first-order chi connectivity index (χ1) is 19.4. The lowest BCUT2D eigenvalue weighted by molar-refractivity contribution is 0.724. The lowest BCUT2D eigenvalue weighted by Crippen LogP contribution is -2.31. The van der Waals surface area contributed by atoms with E-state index >= 15 is 0 Å². The van der Waals surface area contributed by atoms with Gasteiger partial charge >= 0.3 is 0 Å². The summed E-state index contributed by atoms with van der Waals surface area (Å²) in [6.07, 6.45) is 0. The molecule has 9 rings (SSSR count). The summed E-state index contributed by atoms with van der Waals surface area (Å²) in [6, 6.07) is 51.6. The average molecular weight is 514 g/mol. The summed E-state index contributed by atoms with van der Waals surface area (Å²) >= 11 is 1.91. The number of hydrogen-bond donors (Lipinski definition) is 0. The molecule has 0 saturated heterocycles. The summed E-state index contributed by atoms with van der Waals surface area (Å²) in [4.78, 5) is 2.66. The van der Waals surface area contributed by atoms with Gasteiger partial charge in [0.05, 0.1) is 16.4 Å². The van der Waals surface area contributed by atoms with Gasteiger partial charge in [-0.25, -0.2) is 0 Å². The van der Waals surface area contributed by atoms with Gasteiger partial charge in [-0.2, -0.15) is 0 Å². The predicted octanol–water partition coefficient (Wildman–Crippen LogP) is 9.61. The van der Waals surface area contributed by atoms with E-state index in [2.05, 4.69) is 144 Å². The number of aromatic nitrogens is 1. The summed E-state index contributed by atoms with van der Waals surface area (Å²) in [7, 11) is 0. The fourth-order valence-corrected chi connectivity index (χ4v) is 8.38. The second-order valence-corrected chi connectivity index (χ2v) is 11.6. The van der Waals surface area contributed by atoms with Crippen molar-refractivity contribution in [2.24, 2.45) is 0 Å². The number of nitrogens with zero attached hydrogens (tertiary/aromatic N) is 1. The monoisotopic (exact) mass is 513 g/mol. The largest absolute Gasteiger partial charge is 0.309 e. The number of fused-ring (bicyclic) bond motifs is 12. The fourth-order valence-electron chi connectivity index (χ4n) is 7.17. The number of para-hydroxylation sites is 2. The zero-order valence-electron chi connectivity index (χ0n) is 21.1. The second kappa shape index (κ2) is 7.75. The van der Waals surface area contributed by atoms with Gasteiger partial charge in [-0.05, 0) is 69.8 Å². The molecule has 1 aromatic heterocycles. The molecule has 1 nitrogen and oxygen atoms in total. The second-order valence-electron chi connectivity index (χ2n) is 10.5. The van der Waals surface area contributed by atoms with Gasteiger partial charge in [0.1, 0.15) is 0 Å². The van der Waals surface area contributed by atoms with Gasteiger partial charge in [0.2, 0.25) is 0 Å². The van der Waals surface area contributed by atoms with Crippen molar-refractivity contribution in [3.8, 4) is 16.8 Å². The van der Waals surface area contributed by atoms with Crippen LogP contribution in [-0.4, -0.2) is 4.57 Å². The maximum absolute atomic E-state index is 2.51. The summed E-state index contributed by atoms with van der Waals surface area (Å²) in [5.41, 5.74) is 11.5. The van der Waals surface area contributed by atoms with Crippen molar-refractivity contribution in [2.75, 3.05) is 0 Å². The Balaban J connectivity index is 1.48. The smallest absolute Gasteiger partial charge is 0.0735 e. The zero-order chi connectivity index (χ0) is 25.6. The van der Waals surface area contributed by atoms with E-state index in [-0.39, 0.29) is 5.41 Å². The lowest BCUT2D eigenvalue weighted by Gasteiger charge is -2.39. The number of rotatable bonds is 1. The Morgan fingerprint density at radius 2 is 1.05 bits per heavy atom. The van der Waals surface area contributed by atoms with Crippen LogP contribution in [0, 0.1) is 0 Å². The Bertz CT molecular complexity index is 2050. The molecule has 39 heavy (non-hydrogen) atoms. The van der Waals surface area contributed by atoms with Crippen molar-refractivity contribution in [2.45, 2.75) is 15.2 Å². The first-order valence-corrected chi connectivity index (χ1v) is 14.3. The van der Waals surface area contributed by atoms with E-state index in [0.717, 1.165) is 0 Å². The minimum atomic E-state index is -0.353. The highest BCUT2D eigenvalue weighted by atomic mass is 32.2. The topological polar surface area (TPSA) is 4.93 Å². The van der Waals surface area contributed by atoms with Crippen LogP contribution in [0.3, 0.4) is 0 Å². The summed E-state index contributed by atoms with van der Waals surface area (Å²) < 4.78 is 2.43. The van der Waals surface area contributed by atoms with Crippen LogP contribution in [0.5, 0.6) is 0 Å². The molecule has 1 aliphatic heterocycles. The molecule has 0 unspecified atom stereocenters. The van der Waals surface area contributed by atoms with E-state index in [0.29, 0.717) is 0 Å². The number of hydrogen-bond acceptors (Lipinski definition) is 1. The Kier molecular flexibility index (Phi) is 4.26. The van der Waals surface area contributed by atoms with E-state index in [1.165, 1.54) is 70.7 Å². The predicted molar refractivity (Wildman–Crippen MR) is 162 cm³/mol. The molecule has 0 bridgehead atoms. The molecule has 1 aliphatic carbocycles. The van der Waals surface area contributed by atoms with Gasteiger partial charge in [0, 0.05) is 26.3 Å². The Morgan fingerprint density at radius 1 is 0.436 bits per heavy atom. The minimum Gasteiger partial charge on any atom is -0.309 e. The van der Waals surface area contributed by atoms with Crippen molar-refractivity contribution in [1.29, 1.82) is 0 Å². The van der Waals surface area contributed by atoms with E-state index in [4.69, 9.17) is 0 Å². The quantitative estimate of drug-likeness (QED) is 0.211. The third-order valence-corrected chi connectivity index (χ3v) is 9.79. The summed E-state index contributed by atoms with van der Waals surface area (Å²) in [5.74, 6) is 0. The molecule has 2 heteroatoms. The van der Waals surface area contributed by atoms with Gasteiger partial charge in [-0.3, -0.25) is 0 Å². The molecular formula is C37H23NS. The van der Waals surface area contributed by atoms with Crippen molar-refractivity contribution in [3.05, 3.63) is 162 Å². The standard InChI is InChI=1S/C37H23NS/c1-2-12-24(13-3-1)38-33-20-10-6-16-27(33)28-22-32-36(23-34(28)38)39-35-21-11-9-19-31(35)37(32)29-17-7-4-14-25(29)26-15-5-8-18-30(26)37/h1-23H.